The molecule has 2 N–H and O–H groups in total. The molecule has 1 aromatic carbocycles. The average Bonchev–Trinajstić information content (AvgIpc) is 3.48. The third-order valence-electron chi connectivity index (χ3n) is 6.12. The minimum atomic E-state index is 0.0994. The zero-order chi connectivity index (χ0) is 17.3. The summed E-state index contributed by atoms with van der Waals surface area (Å²) >= 11 is 0. The van der Waals surface area contributed by atoms with Crippen molar-refractivity contribution in [1.82, 2.24) is 10.2 Å². The van der Waals surface area contributed by atoms with Gasteiger partial charge in [0.1, 0.15) is 0 Å². The van der Waals surface area contributed by atoms with Gasteiger partial charge in [0, 0.05) is 30.3 Å². The molecule has 134 valence electrons. The summed E-state index contributed by atoms with van der Waals surface area (Å²) in [5.41, 5.74) is 1.95. The Kier molecular flexibility index (Phi) is 4.50. The van der Waals surface area contributed by atoms with E-state index in [4.69, 9.17) is 0 Å². The summed E-state index contributed by atoms with van der Waals surface area (Å²) in [6.45, 7) is 3.95. The summed E-state index contributed by atoms with van der Waals surface area (Å²) in [7, 11) is 0. The Hall–Kier alpha value is -1.88. The molecule has 1 aromatic rings. The number of rotatable bonds is 3. The molecule has 1 aliphatic carbocycles. The number of hydrogen-bond donors (Lipinski definition) is 2. The number of benzene rings is 1. The normalized spacial score (nSPS) is 22.6. The van der Waals surface area contributed by atoms with Crippen LogP contribution in [-0.4, -0.2) is 42.9 Å². The SMILES string of the molecule is O=C(Nc1ccc(C(=O)N2CCC3(CCNCC3)CC2)cc1)C1CC1. The van der Waals surface area contributed by atoms with E-state index in [9.17, 15) is 9.59 Å². The summed E-state index contributed by atoms with van der Waals surface area (Å²) in [5, 5.41) is 6.35. The van der Waals surface area contributed by atoms with Crippen molar-refractivity contribution in [2.45, 2.75) is 38.5 Å². The van der Waals surface area contributed by atoms with E-state index in [2.05, 4.69) is 10.6 Å². The van der Waals surface area contributed by atoms with E-state index in [0.29, 0.717) is 11.0 Å². The molecule has 2 aliphatic heterocycles. The Labute approximate surface area is 149 Å². The van der Waals surface area contributed by atoms with Crippen LogP contribution in [0.5, 0.6) is 0 Å². The molecule has 0 aromatic heterocycles. The maximum atomic E-state index is 12.7. The largest absolute Gasteiger partial charge is 0.339 e. The Morgan fingerprint density at radius 2 is 1.64 bits per heavy atom. The van der Waals surface area contributed by atoms with Crippen molar-refractivity contribution in [3.05, 3.63) is 29.8 Å². The molecule has 0 unspecified atom stereocenters. The van der Waals surface area contributed by atoms with Gasteiger partial charge in [-0.3, -0.25) is 9.59 Å². The number of amides is 2. The summed E-state index contributed by atoms with van der Waals surface area (Å²) in [6.07, 6.45) is 6.71. The fourth-order valence-corrected chi connectivity index (χ4v) is 4.11. The van der Waals surface area contributed by atoms with Gasteiger partial charge in [0.15, 0.2) is 0 Å². The highest BCUT2D eigenvalue weighted by molar-refractivity contribution is 5.96. The Morgan fingerprint density at radius 3 is 2.24 bits per heavy atom. The zero-order valence-corrected chi connectivity index (χ0v) is 14.7. The van der Waals surface area contributed by atoms with Crippen LogP contribution in [0.1, 0.15) is 48.9 Å². The number of hydrogen-bond acceptors (Lipinski definition) is 3. The van der Waals surface area contributed by atoms with Gasteiger partial charge < -0.3 is 15.5 Å². The van der Waals surface area contributed by atoms with Crippen molar-refractivity contribution < 1.29 is 9.59 Å². The predicted octanol–water partition coefficient (Wildman–Crippen LogP) is 2.64. The van der Waals surface area contributed by atoms with Gasteiger partial charge in [0.2, 0.25) is 5.91 Å². The van der Waals surface area contributed by atoms with Crippen LogP contribution in [0.4, 0.5) is 5.69 Å². The van der Waals surface area contributed by atoms with Gasteiger partial charge in [0.05, 0.1) is 0 Å². The molecule has 0 bridgehead atoms. The highest BCUT2D eigenvalue weighted by atomic mass is 16.2. The second-order valence-electron chi connectivity index (χ2n) is 7.88. The third-order valence-corrected chi connectivity index (χ3v) is 6.12. The van der Waals surface area contributed by atoms with Gasteiger partial charge in [0.25, 0.3) is 5.91 Å². The number of anilines is 1. The van der Waals surface area contributed by atoms with Crippen molar-refractivity contribution in [3.63, 3.8) is 0 Å². The molecule has 5 nitrogen and oxygen atoms in total. The minimum Gasteiger partial charge on any atom is -0.339 e. The summed E-state index contributed by atoms with van der Waals surface area (Å²) < 4.78 is 0. The van der Waals surface area contributed by atoms with Crippen LogP contribution in [-0.2, 0) is 4.79 Å². The first-order chi connectivity index (χ1) is 12.2. The number of nitrogens with one attached hydrogen (secondary N) is 2. The van der Waals surface area contributed by atoms with Crippen molar-refractivity contribution in [1.29, 1.82) is 0 Å². The van der Waals surface area contributed by atoms with Crippen LogP contribution in [0.25, 0.3) is 0 Å². The lowest BCUT2D eigenvalue weighted by atomic mass is 9.71. The van der Waals surface area contributed by atoms with Crippen LogP contribution < -0.4 is 10.6 Å². The lowest BCUT2D eigenvalue weighted by molar-refractivity contribution is -0.117. The number of piperidine rings is 2. The fraction of sp³-hybridized carbons (Fsp3) is 0.600. The van der Waals surface area contributed by atoms with Gasteiger partial charge in [-0.1, -0.05) is 0 Å². The first-order valence-corrected chi connectivity index (χ1v) is 9.56. The van der Waals surface area contributed by atoms with Crippen molar-refractivity contribution >= 4 is 17.5 Å². The molecular weight excluding hydrogens is 314 g/mol. The second kappa shape index (κ2) is 6.79. The van der Waals surface area contributed by atoms with Crippen LogP contribution in [0.3, 0.4) is 0 Å². The Morgan fingerprint density at radius 1 is 1.00 bits per heavy atom. The molecule has 5 heteroatoms. The summed E-state index contributed by atoms with van der Waals surface area (Å²) in [4.78, 5) is 26.5. The Bertz CT molecular complexity index is 635. The monoisotopic (exact) mass is 341 g/mol. The molecule has 3 fully saturated rings. The first kappa shape index (κ1) is 16.6. The maximum Gasteiger partial charge on any atom is 0.253 e. The highest BCUT2D eigenvalue weighted by Gasteiger charge is 2.36. The summed E-state index contributed by atoms with van der Waals surface area (Å²) in [6, 6.07) is 7.34. The van der Waals surface area contributed by atoms with E-state index < -0.39 is 0 Å². The maximum absolute atomic E-state index is 12.7. The van der Waals surface area contributed by atoms with E-state index in [1.54, 1.807) is 0 Å². The van der Waals surface area contributed by atoms with Gasteiger partial charge in [-0.15, -0.1) is 0 Å². The number of carbonyl (C=O) groups excluding carboxylic acids is 2. The molecule has 2 saturated heterocycles. The number of carbonyl (C=O) groups is 2. The zero-order valence-electron chi connectivity index (χ0n) is 14.7. The van der Waals surface area contributed by atoms with Crippen LogP contribution in [0.2, 0.25) is 0 Å². The molecule has 25 heavy (non-hydrogen) atoms. The van der Waals surface area contributed by atoms with E-state index >= 15 is 0 Å². The molecule has 3 aliphatic rings. The lowest BCUT2D eigenvalue weighted by Gasteiger charge is -2.44. The van der Waals surface area contributed by atoms with Crippen molar-refractivity contribution in [2.75, 3.05) is 31.5 Å². The standard InChI is InChI=1S/C20H27N3O2/c24-18(15-1-2-15)22-17-5-3-16(4-6-17)19(25)23-13-9-20(10-14-23)7-11-21-12-8-20/h3-6,15,21H,1-2,7-14H2,(H,22,24). The van der Waals surface area contributed by atoms with Gasteiger partial charge in [-0.2, -0.15) is 0 Å². The van der Waals surface area contributed by atoms with E-state index in [0.717, 1.165) is 57.5 Å². The number of nitrogens with zero attached hydrogens (tertiary/aromatic N) is 1. The smallest absolute Gasteiger partial charge is 0.253 e. The molecule has 0 radical (unpaired) electrons. The van der Waals surface area contributed by atoms with Gasteiger partial charge >= 0.3 is 0 Å². The van der Waals surface area contributed by atoms with E-state index in [1.807, 2.05) is 29.2 Å². The quantitative estimate of drug-likeness (QED) is 0.888. The Balaban J connectivity index is 1.34. The number of likely N-dealkylation sites (tertiary alicyclic amines) is 1. The molecular formula is C20H27N3O2. The molecule has 2 heterocycles. The predicted molar refractivity (Wildman–Crippen MR) is 97.5 cm³/mol. The van der Waals surface area contributed by atoms with Crippen molar-refractivity contribution in [2.24, 2.45) is 11.3 Å². The molecule has 1 spiro atoms. The first-order valence-electron chi connectivity index (χ1n) is 9.56. The molecule has 1 saturated carbocycles. The minimum absolute atomic E-state index is 0.0994. The van der Waals surface area contributed by atoms with Crippen LogP contribution in [0, 0.1) is 11.3 Å². The molecule has 0 atom stereocenters. The lowest BCUT2D eigenvalue weighted by Crippen LogP contribution is -2.47. The fourth-order valence-electron chi connectivity index (χ4n) is 4.11. The topological polar surface area (TPSA) is 61.4 Å². The average molecular weight is 341 g/mol. The van der Waals surface area contributed by atoms with Crippen molar-refractivity contribution in [3.8, 4) is 0 Å². The summed E-state index contributed by atoms with van der Waals surface area (Å²) in [5.74, 6) is 0.406. The van der Waals surface area contributed by atoms with E-state index in [1.165, 1.54) is 12.8 Å². The molecule has 4 rings (SSSR count). The van der Waals surface area contributed by atoms with Crippen LogP contribution >= 0.6 is 0 Å². The molecule has 2 amide bonds. The third kappa shape index (κ3) is 3.71. The second-order valence-corrected chi connectivity index (χ2v) is 7.88. The highest BCUT2D eigenvalue weighted by Crippen LogP contribution is 2.39. The van der Waals surface area contributed by atoms with Crippen LogP contribution in [0.15, 0.2) is 24.3 Å². The van der Waals surface area contributed by atoms with Gasteiger partial charge in [-0.25, -0.2) is 0 Å². The van der Waals surface area contributed by atoms with E-state index in [-0.39, 0.29) is 17.7 Å². The van der Waals surface area contributed by atoms with Gasteiger partial charge in [-0.05, 0) is 81.3 Å².